The fourth-order valence-corrected chi connectivity index (χ4v) is 6.45. The zero-order chi connectivity index (χ0) is 17.7. The van der Waals surface area contributed by atoms with Crippen molar-refractivity contribution >= 4 is 11.9 Å². The molecule has 4 nitrogen and oxygen atoms in total. The molecule has 2 fully saturated rings. The summed E-state index contributed by atoms with van der Waals surface area (Å²) in [6.07, 6.45) is 8.69. The van der Waals surface area contributed by atoms with Gasteiger partial charge >= 0.3 is 11.9 Å². The molecule has 2 saturated carbocycles. The number of hydrogen-bond acceptors (Lipinski definition) is 2. The Morgan fingerprint density at radius 3 is 2.67 bits per heavy atom. The summed E-state index contributed by atoms with van der Waals surface area (Å²) in [4.78, 5) is 22.9. The molecule has 0 radical (unpaired) electrons. The molecular formula is C20H30O4. The Bertz CT molecular complexity index is 580. The Kier molecular flexibility index (Phi) is 4.29. The molecule has 0 amide bonds. The second-order valence-electron chi connectivity index (χ2n) is 8.80. The SMILES string of the molecule is CC1=CC[C@@]23C[C@@H]1[C@](C)(CCC[C@@H](C)C(=O)O)[C@@H]2CC[C@@H]3C(=O)O. The minimum absolute atomic E-state index is 0.0524. The third-order valence-electron chi connectivity index (χ3n) is 7.73. The van der Waals surface area contributed by atoms with Crippen LogP contribution >= 0.6 is 0 Å². The van der Waals surface area contributed by atoms with Crippen LogP contribution in [-0.4, -0.2) is 22.2 Å². The van der Waals surface area contributed by atoms with E-state index in [0.29, 0.717) is 18.3 Å². The van der Waals surface area contributed by atoms with Gasteiger partial charge in [-0.25, -0.2) is 0 Å². The van der Waals surface area contributed by atoms with Crippen LogP contribution in [0.15, 0.2) is 11.6 Å². The zero-order valence-corrected chi connectivity index (χ0v) is 15.0. The van der Waals surface area contributed by atoms with Gasteiger partial charge in [-0.3, -0.25) is 9.59 Å². The number of rotatable bonds is 6. The van der Waals surface area contributed by atoms with Crippen molar-refractivity contribution in [3.8, 4) is 0 Å². The summed E-state index contributed by atoms with van der Waals surface area (Å²) in [5.74, 6) is -0.898. The average molecular weight is 334 g/mol. The van der Waals surface area contributed by atoms with E-state index in [4.69, 9.17) is 5.11 Å². The van der Waals surface area contributed by atoms with Crippen molar-refractivity contribution in [2.75, 3.05) is 0 Å². The Morgan fingerprint density at radius 2 is 2.04 bits per heavy atom. The predicted molar refractivity (Wildman–Crippen MR) is 91.5 cm³/mol. The highest BCUT2D eigenvalue weighted by Crippen LogP contribution is 2.72. The van der Waals surface area contributed by atoms with Gasteiger partial charge in [0.25, 0.3) is 0 Å². The molecule has 0 heterocycles. The smallest absolute Gasteiger partial charge is 0.307 e. The average Bonchev–Trinajstić information content (AvgIpc) is 2.96. The Labute approximate surface area is 144 Å². The van der Waals surface area contributed by atoms with Crippen LogP contribution in [0.1, 0.15) is 65.7 Å². The van der Waals surface area contributed by atoms with Crippen molar-refractivity contribution in [3.05, 3.63) is 11.6 Å². The zero-order valence-electron chi connectivity index (χ0n) is 15.0. The summed E-state index contributed by atoms with van der Waals surface area (Å²) in [6.45, 7) is 6.33. The van der Waals surface area contributed by atoms with E-state index in [2.05, 4.69) is 19.9 Å². The maximum Gasteiger partial charge on any atom is 0.307 e. The first-order valence-electron chi connectivity index (χ1n) is 9.34. The lowest BCUT2D eigenvalue weighted by Crippen LogP contribution is -2.36. The van der Waals surface area contributed by atoms with Crippen LogP contribution in [0.3, 0.4) is 0 Å². The van der Waals surface area contributed by atoms with Crippen molar-refractivity contribution in [3.63, 3.8) is 0 Å². The molecule has 0 unspecified atom stereocenters. The lowest BCUT2D eigenvalue weighted by molar-refractivity contribution is -0.146. The van der Waals surface area contributed by atoms with E-state index in [1.165, 1.54) is 5.57 Å². The van der Waals surface area contributed by atoms with E-state index in [1.807, 2.05) is 0 Å². The summed E-state index contributed by atoms with van der Waals surface area (Å²) in [5.41, 5.74) is 1.50. The first kappa shape index (κ1) is 17.5. The maximum absolute atomic E-state index is 11.8. The highest BCUT2D eigenvalue weighted by molar-refractivity contribution is 5.72. The van der Waals surface area contributed by atoms with Gasteiger partial charge in [0.15, 0.2) is 0 Å². The lowest BCUT2D eigenvalue weighted by atomic mass is 9.65. The normalized spacial score (nSPS) is 41.6. The molecule has 0 aromatic heterocycles. The molecule has 6 atom stereocenters. The molecule has 1 spiro atoms. The Hall–Kier alpha value is -1.32. The number of fused-ring (bicyclic) bond motifs is 1. The van der Waals surface area contributed by atoms with Crippen molar-refractivity contribution in [1.29, 1.82) is 0 Å². The van der Waals surface area contributed by atoms with Gasteiger partial charge in [0.05, 0.1) is 11.8 Å². The third-order valence-corrected chi connectivity index (χ3v) is 7.73. The van der Waals surface area contributed by atoms with E-state index >= 15 is 0 Å². The second-order valence-corrected chi connectivity index (χ2v) is 8.80. The monoisotopic (exact) mass is 334 g/mol. The van der Waals surface area contributed by atoms with Gasteiger partial charge in [-0.2, -0.15) is 0 Å². The van der Waals surface area contributed by atoms with Crippen LogP contribution in [0, 0.1) is 34.5 Å². The minimum Gasteiger partial charge on any atom is -0.481 e. The van der Waals surface area contributed by atoms with E-state index in [1.54, 1.807) is 6.92 Å². The van der Waals surface area contributed by atoms with Gasteiger partial charge in [-0.1, -0.05) is 31.9 Å². The molecule has 24 heavy (non-hydrogen) atoms. The van der Waals surface area contributed by atoms with Gasteiger partial charge in [0.1, 0.15) is 0 Å². The largest absolute Gasteiger partial charge is 0.481 e. The van der Waals surface area contributed by atoms with Gasteiger partial charge in [0.2, 0.25) is 0 Å². The topological polar surface area (TPSA) is 74.6 Å². The van der Waals surface area contributed by atoms with Crippen LogP contribution < -0.4 is 0 Å². The molecule has 2 N–H and O–H groups in total. The van der Waals surface area contributed by atoms with E-state index in [-0.39, 0.29) is 22.7 Å². The van der Waals surface area contributed by atoms with Gasteiger partial charge in [-0.05, 0) is 68.1 Å². The summed E-state index contributed by atoms with van der Waals surface area (Å²) in [5, 5.41) is 18.8. The molecule has 3 aliphatic carbocycles. The number of carboxylic acids is 2. The molecule has 3 rings (SSSR count). The van der Waals surface area contributed by atoms with Gasteiger partial charge < -0.3 is 10.2 Å². The number of carbonyl (C=O) groups is 2. The van der Waals surface area contributed by atoms with Crippen LogP contribution in [0.2, 0.25) is 0 Å². The van der Waals surface area contributed by atoms with Crippen molar-refractivity contribution in [2.45, 2.75) is 65.7 Å². The number of aliphatic carboxylic acids is 2. The molecule has 0 saturated heterocycles. The summed E-state index contributed by atoms with van der Waals surface area (Å²) in [6, 6.07) is 0. The van der Waals surface area contributed by atoms with Crippen LogP contribution in [0.4, 0.5) is 0 Å². The van der Waals surface area contributed by atoms with Gasteiger partial charge in [-0.15, -0.1) is 0 Å². The number of carboxylic acid groups (broad SMARTS) is 2. The fourth-order valence-electron chi connectivity index (χ4n) is 6.45. The van der Waals surface area contributed by atoms with E-state index in [0.717, 1.165) is 38.5 Å². The van der Waals surface area contributed by atoms with Crippen molar-refractivity contribution < 1.29 is 19.8 Å². The third kappa shape index (κ3) is 2.41. The molecule has 3 aliphatic rings. The highest BCUT2D eigenvalue weighted by Gasteiger charge is 2.66. The van der Waals surface area contributed by atoms with Gasteiger partial charge in [0, 0.05) is 0 Å². The number of allylic oxidation sites excluding steroid dienone is 2. The first-order valence-corrected chi connectivity index (χ1v) is 9.34. The minimum atomic E-state index is -0.718. The van der Waals surface area contributed by atoms with Crippen molar-refractivity contribution in [2.24, 2.45) is 34.5 Å². The summed E-state index contributed by atoms with van der Waals surface area (Å²) < 4.78 is 0. The quantitative estimate of drug-likeness (QED) is 0.708. The molecule has 0 aromatic rings. The molecular weight excluding hydrogens is 304 g/mol. The Morgan fingerprint density at radius 1 is 1.33 bits per heavy atom. The first-order chi connectivity index (χ1) is 11.2. The lowest BCUT2D eigenvalue weighted by Gasteiger charge is -2.38. The molecule has 0 aromatic carbocycles. The number of hydrogen-bond donors (Lipinski definition) is 2. The standard InChI is InChI=1S/C20H30O4/c1-12-8-10-20-11-15(12)19(3,9-4-5-13(2)17(21)22)16(20)7-6-14(20)18(23)24/h8,13-16H,4-7,9-11H2,1-3H3,(H,21,22)(H,23,24)/t13-,14-,15+,16+,19+,20+/m1/s1. The molecule has 0 aliphatic heterocycles. The summed E-state index contributed by atoms with van der Waals surface area (Å²) in [7, 11) is 0. The Balaban J connectivity index is 1.82. The molecule has 4 heteroatoms. The molecule has 2 bridgehead atoms. The van der Waals surface area contributed by atoms with Crippen molar-refractivity contribution in [1.82, 2.24) is 0 Å². The van der Waals surface area contributed by atoms with Crippen LogP contribution in [0.25, 0.3) is 0 Å². The van der Waals surface area contributed by atoms with E-state index in [9.17, 15) is 14.7 Å². The van der Waals surface area contributed by atoms with Crippen LogP contribution in [-0.2, 0) is 9.59 Å². The maximum atomic E-state index is 11.8. The fraction of sp³-hybridized carbons (Fsp3) is 0.800. The molecule has 134 valence electrons. The summed E-state index contributed by atoms with van der Waals surface area (Å²) >= 11 is 0. The predicted octanol–water partition coefficient (Wildman–Crippen LogP) is 4.35. The van der Waals surface area contributed by atoms with E-state index < -0.39 is 11.9 Å². The highest BCUT2D eigenvalue weighted by atomic mass is 16.4. The second kappa shape index (κ2) is 5.89. The van der Waals surface area contributed by atoms with Crippen LogP contribution in [0.5, 0.6) is 0 Å².